The number of benzene rings is 1. The minimum absolute atomic E-state index is 0.358. The fourth-order valence-corrected chi connectivity index (χ4v) is 4.46. The predicted octanol–water partition coefficient (Wildman–Crippen LogP) is 3.37. The van der Waals surface area contributed by atoms with Gasteiger partial charge in [-0.05, 0) is 48.6 Å². The Kier molecular flexibility index (Phi) is 6.34. The van der Waals surface area contributed by atoms with Crippen molar-refractivity contribution in [2.75, 3.05) is 54.1 Å². The lowest BCUT2D eigenvalue weighted by Crippen LogP contribution is -2.55. The lowest BCUT2D eigenvalue weighted by Gasteiger charge is -2.49. The zero-order chi connectivity index (χ0) is 19.6. The van der Waals surface area contributed by atoms with Gasteiger partial charge in [-0.2, -0.15) is 0 Å². The van der Waals surface area contributed by atoms with Gasteiger partial charge in [0.1, 0.15) is 6.61 Å². The molecule has 0 radical (unpaired) electrons. The number of methoxy groups -OCH3 is 2. The van der Waals surface area contributed by atoms with Crippen molar-refractivity contribution in [3.8, 4) is 11.5 Å². The monoisotopic (exact) mass is 376 g/mol. The van der Waals surface area contributed by atoms with Gasteiger partial charge in [-0.15, -0.1) is 0 Å². The first-order valence-corrected chi connectivity index (χ1v) is 10.1. The van der Waals surface area contributed by atoms with Crippen LogP contribution in [0.3, 0.4) is 0 Å². The Hall–Kier alpha value is -1.30. The maximum absolute atomic E-state index is 5.89. The third kappa shape index (κ3) is 4.76. The van der Waals surface area contributed by atoms with E-state index in [1.807, 2.05) is 0 Å². The Bertz CT molecular complexity index is 641. The van der Waals surface area contributed by atoms with Crippen LogP contribution in [0, 0.1) is 5.41 Å². The number of rotatable bonds is 6. The summed E-state index contributed by atoms with van der Waals surface area (Å²) >= 11 is 0. The molecule has 1 fully saturated rings. The summed E-state index contributed by atoms with van der Waals surface area (Å²) in [5.74, 6) is 1.66. The molecule has 0 aromatic heterocycles. The average molecular weight is 377 g/mol. The second-order valence-corrected chi connectivity index (χ2v) is 9.16. The minimum Gasteiger partial charge on any atom is -0.493 e. The largest absolute Gasteiger partial charge is 0.493 e. The molecule has 1 unspecified atom stereocenters. The Balaban J connectivity index is 1.80. The van der Waals surface area contributed by atoms with E-state index in [1.165, 1.54) is 17.5 Å². The van der Waals surface area contributed by atoms with Gasteiger partial charge >= 0.3 is 0 Å². The lowest BCUT2D eigenvalue weighted by molar-refractivity contribution is 0.0213. The van der Waals surface area contributed by atoms with E-state index < -0.39 is 0 Å². The molecule has 0 N–H and O–H groups in total. The summed E-state index contributed by atoms with van der Waals surface area (Å²) < 4.78 is 16.6. The molecule has 0 amide bonds. The van der Waals surface area contributed by atoms with Crippen molar-refractivity contribution in [1.82, 2.24) is 9.80 Å². The third-order valence-electron chi connectivity index (χ3n) is 5.82. The summed E-state index contributed by atoms with van der Waals surface area (Å²) in [6, 6.07) is 5.45. The molecule has 0 bridgehead atoms. The van der Waals surface area contributed by atoms with E-state index in [4.69, 9.17) is 14.2 Å². The normalized spacial score (nSPS) is 23.6. The van der Waals surface area contributed by atoms with Crippen LogP contribution in [0.4, 0.5) is 0 Å². The fourth-order valence-electron chi connectivity index (χ4n) is 4.46. The minimum atomic E-state index is 0.358. The van der Waals surface area contributed by atoms with Crippen molar-refractivity contribution in [3.05, 3.63) is 23.3 Å². The molecule has 152 valence electrons. The van der Waals surface area contributed by atoms with Gasteiger partial charge in [-0.3, -0.25) is 4.90 Å². The SMILES string of the molecule is COCCOc1cc2c(cc1OC)C1CN(C)[C@H](CC(C)(C)C)CN1CC2. The maximum Gasteiger partial charge on any atom is 0.161 e. The van der Waals surface area contributed by atoms with Gasteiger partial charge in [-0.25, -0.2) is 0 Å². The van der Waals surface area contributed by atoms with E-state index in [0.717, 1.165) is 37.6 Å². The number of ether oxygens (including phenoxy) is 3. The highest BCUT2D eigenvalue weighted by Crippen LogP contribution is 2.41. The fraction of sp³-hybridized carbons (Fsp3) is 0.727. The standard InChI is InChI=1S/C22H36N2O3/c1-22(2,3)13-17-14-24-8-7-16-11-21(27-10-9-25-5)20(26-6)12-18(16)19(24)15-23(17)4/h11-12,17,19H,7-10,13-15H2,1-6H3/t17-,19?/m1/s1. The lowest BCUT2D eigenvalue weighted by atomic mass is 9.84. The highest BCUT2D eigenvalue weighted by Gasteiger charge is 2.37. The molecule has 1 aromatic carbocycles. The zero-order valence-electron chi connectivity index (χ0n) is 17.9. The van der Waals surface area contributed by atoms with Gasteiger partial charge in [0.05, 0.1) is 13.7 Å². The van der Waals surface area contributed by atoms with Crippen LogP contribution in [0.1, 0.15) is 44.4 Å². The van der Waals surface area contributed by atoms with Gasteiger partial charge < -0.3 is 19.1 Å². The molecule has 27 heavy (non-hydrogen) atoms. The number of hydrogen-bond donors (Lipinski definition) is 0. The maximum atomic E-state index is 5.89. The van der Waals surface area contributed by atoms with Gasteiger partial charge in [-0.1, -0.05) is 20.8 Å². The second-order valence-electron chi connectivity index (χ2n) is 9.16. The molecule has 0 spiro atoms. The summed E-state index contributed by atoms with van der Waals surface area (Å²) in [7, 11) is 5.69. The molecule has 1 aromatic rings. The van der Waals surface area contributed by atoms with Crippen LogP contribution in [0.2, 0.25) is 0 Å². The van der Waals surface area contributed by atoms with E-state index in [1.54, 1.807) is 14.2 Å². The van der Waals surface area contributed by atoms with Gasteiger partial charge in [0.15, 0.2) is 11.5 Å². The molecule has 3 rings (SSSR count). The number of nitrogens with zero attached hydrogens (tertiary/aromatic N) is 2. The van der Waals surface area contributed by atoms with Crippen LogP contribution < -0.4 is 9.47 Å². The topological polar surface area (TPSA) is 34.2 Å². The van der Waals surface area contributed by atoms with E-state index in [2.05, 4.69) is 49.8 Å². The first-order chi connectivity index (χ1) is 12.8. The molecule has 1 saturated heterocycles. The second kappa shape index (κ2) is 8.38. The number of piperazine rings is 1. The molecule has 2 atom stereocenters. The molecule has 2 aliphatic rings. The van der Waals surface area contributed by atoms with E-state index in [0.29, 0.717) is 30.7 Å². The highest BCUT2D eigenvalue weighted by atomic mass is 16.5. The van der Waals surface area contributed by atoms with Gasteiger partial charge in [0, 0.05) is 38.8 Å². The van der Waals surface area contributed by atoms with Crippen molar-refractivity contribution in [3.63, 3.8) is 0 Å². The van der Waals surface area contributed by atoms with Crippen LogP contribution in [-0.2, 0) is 11.2 Å². The van der Waals surface area contributed by atoms with Crippen LogP contribution in [-0.4, -0.2) is 70.0 Å². The summed E-state index contributed by atoms with van der Waals surface area (Å²) in [6.45, 7) is 11.5. The summed E-state index contributed by atoms with van der Waals surface area (Å²) in [5.41, 5.74) is 3.15. The molecule has 5 heteroatoms. The summed E-state index contributed by atoms with van der Waals surface area (Å²) in [6.07, 6.45) is 2.30. The Morgan fingerprint density at radius 1 is 1.07 bits per heavy atom. The van der Waals surface area contributed by atoms with Crippen molar-refractivity contribution >= 4 is 0 Å². The van der Waals surface area contributed by atoms with E-state index >= 15 is 0 Å². The number of hydrogen-bond acceptors (Lipinski definition) is 5. The predicted molar refractivity (Wildman–Crippen MR) is 109 cm³/mol. The Morgan fingerprint density at radius 3 is 2.52 bits per heavy atom. The molecule has 2 heterocycles. The first kappa shape index (κ1) is 20.4. The van der Waals surface area contributed by atoms with Crippen molar-refractivity contribution in [2.45, 2.75) is 45.7 Å². The van der Waals surface area contributed by atoms with Crippen LogP contribution in [0.15, 0.2) is 12.1 Å². The quantitative estimate of drug-likeness (QED) is 0.711. The van der Waals surface area contributed by atoms with Crippen LogP contribution >= 0.6 is 0 Å². The Labute approximate surface area is 164 Å². The van der Waals surface area contributed by atoms with Crippen molar-refractivity contribution in [1.29, 1.82) is 0 Å². The first-order valence-electron chi connectivity index (χ1n) is 10.1. The highest BCUT2D eigenvalue weighted by molar-refractivity contribution is 5.49. The van der Waals surface area contributed by atoms with Crippen molar-refractivity contribution in [2.24, 2.45) is 5.41 Å². The number of likely N-dealkylation sites (N-methyl/N-ethyl adjacent to an activating group) is 1. The molecular formula is C22H36N2O3. The smallest absolute Gasteiger partial charge is 0.161 e. The molecular weight excluding hydrogens is 340 g/mol. The summed E-state index contributed by atoms with van der Waals surface area (Å²) in [4.78, 5) is 5.22. The van der Waals surface area contributed by atoms with E-state index in [-0.39, 0.29) is 0 Å². The average Bonchev–Trinajstić information content (AvgIpc) is 2.61. The third-order valence-corrected chi connectivity index (χ3v) is 5.82. The zero-order valence-corrected chi connectivity index (χ0v) is 17.9. The van der Waals surface area contributed by atoms with Gasteiger partial charge in [0.2, 0.25) is 0 Å². The summed E-state index contributed by atoms with van der Waals surface area (Å²) in [5, 5.41) is 0. The molecule has 0 saturated carbocycles. The van der Waals surface area contributed by atoms with E-state index in [9.17, 15) is 0 Å². The number of fused-ring (bicyclic) bond motifs is 3. The van der Waals surface area contributed by atoms with Crippen LogP contribution in [0.5, 0.6) is 11.5 Å². The molecule has 2 aliphatic heterocycles. The molecule has 5 nitrogen and oxygen atoms in total. The van der Waals surface area contributed by atoms with Gasteiger partial charge in [0.25, 0.3) is 0 Å². The molecule has 0 aliphatic carbocycles. The van der Waals surface area contributed by atoms with Crippen LogP contribution in [0.25, 0.3) is 0 Å². The van der Waals surface area contributed by atoms with Crippen molar-refractivity contribution < 1.29 is 14.2 Å². The Morgan fingerprint density at radius 2 is 1.85 bits per heavy atom.